The molecule has 2 fully saturated rings. The third-order valence-electron chi connectivity index (χ3n) is 8.45. The van der Waals surface area contributed by atoms with Gasteiger partial charge in [-0.3, -0.25) is 9.59 Å². The van der Waals surface area contributed by atoms with Crippen molar-refractivity contribution in [3.8, 4) is 6.07 Å². The Hall–Kier alpha value is -3.80. The quantitative estimate of drug-likeness (QED) is 0.277. The molecule has 14 nitrogen and oxygen atoms in total. The Morgan fingerprint density at radius 3 is 2.48 bits per heavy atom. The van der Waals surface area contributed by atoms with E-state index in [0.29, 0.717) is 12.8 Å². The molecule has 4 rings (SSSR count). The van der Waals surface area contributed by atoms with E-state index in [9.17, 15) is 35.0 Å². The molecule has 3 heterocycles. The van der Waals surface area contributed by atoms with Gasteiger partial charge in [-0.15, -0.1) is 0 Å². The number of carboxylic acids is 1. The zero-order chi connectivity index (χ0) is 32.4. The van der Waals surface area contributed by atoms with Crippen LogP contribution in [-0.4, -0.2) is 78.3 Å². The third kappa shape index (κ3) is 6.50. The molecule has 44 heavy (non-hydrogen) atoms. The predicted octanol–water partition coefficient (Wildman–Crippen LogP) is 2.59. The van der Waals surface area contributed by atoms with Crippen LogP contribution in [0.15, 0.2) is 18.5 Å². The van der Waals surface area contributed by atoms with Crippen molar-refractivity contribution in [2.45, 2.75) is 96.2 Å². The van der Waals surface area contributed by atoms with Crippen molar-refractivity contribution in [2.24, 2.45) is 23.7 Å². The molecule has 0 bridgehead atoms. The largest absolute Gasteiger partial charge is 0.481 e. The highest BCUT2D eigenvalue weighted by molar-refractivity contribution is 5.98. The Kier molecular flexibility index (Phi) is 9.82. The summed E-state index contributed by atoms with van der Waals surface area (Å²) in [6.45, 7) is 8.05. The summed E-state index contributed by atoms with van der Waals surface area (Å²) in [7, 11) is 0. The molecule has 1 aliphatic heterocycles. The summed E-state index contributed by atoms with van der Waals surface area (Å²) in [5.41, 5.74) is -2.49. The highest BCUT2D eigenvalue weighted by Crippen LogP contribution is 2.49. The second-order valence-corrected chi connectivity index (χ2v) is 13.0. The van der Waals surface area contributed by atoms with Gasteiger partial charge in [0.15, 0.2) is 5.82 Å². The van der Waals surface area contributed by atoms with E-state index >= 15 is 0 Å². The number of hydrogen-bond acceptors (Lipinski definition) is 10. The molecular weight excluding hydrogens is 572 g/mol. The summed E-state index contributed by atoms with van der Waals surface area (Å²) >= 11 is 0. The molecule has 240 valence electrons. The number of carbonyl (C=O) groups excluding carboxylic acids is 2. The van der Waals surface area contributed by atoms with Crippen LogP contribution in [0.1, 0.15) is 72.4 Å². The van der Waals surface area contributed by atoms with Crippen LogP contribution in [0.3, 0.4) is 0 Å². The molecule has 2 aromatic rings. The SMILES string of the molecule is CC(C)C(NC(=O)OC(C)(C)C)C(=O)Nc1ncnn2c([C@]3(C#N)OC(CO)[C@@H](C(C(=O)O)C4CCCCC4)[C@H]3O)ccc12. The van der Waals surface area contributed by atoms with Crippen LogP contribution in [0.2, 0.25) is 0 Å². The van der Waals surface area contributed by atoms with Crippen molar-refractivity contribution in [2.75, 3.05) is 11.9 Å². The average molecular weight is 615 g/mol. The maximum Gasteiger partial charge on any atom is 0.408 e. The number of nitrogens with one attached hydrogen (secondary N) is 2. The van der Waals surface area contributed by atoms with Crippen LogP contribution in [0.4, 0.5) is 10.6 Å². The van der Waals surface area contributed by atoms with E-state index in [1.165, 1.54) is 16.6 Å². The van der Waals surface area contributed by atoms with Crippen molar-refractivity contribution >= 4 is 29.3 Å². The minimum absolute atomic E-state index is 0.0642. The molecule has 1 saturated carbocycles. The number of aromatic nitrogens is 3. The average Bonchev–Trinajstić information content (AvgIpc) is 3.51. The minimum Gasteiger partial charge on any atom is -0.481 e. The van der Waals surface area contributed by atoms with E-state index in [1.807, 2.05) is 6.07 Å². The summed E-state index contributed by atoms with van der Waals surface area (Å²) in [4.78, 5) is 42.4. The Labute approximate surface area is 255 Å². The minimum atomic E-state index is -2.07. The van der Waals surface area contributed by atoms with Crippen LogP contribution in [0, 0.1) is 35.0 Å². The Balaban J connectivity index is 1.66. The van der Waals surface area contributed by atoms with Crippen molar-refractivity contribution in [3.05, 3.63) is 24.2 Å². The Morgan fingerprint density at radius 1 is 1.23 bits per heavy atom. The highest BCUT2D eigenvalue weighted by Gasteiger charge is 2.61. The molecule has 0 spiro atoms. The van der Waals surface area contributed by atoms with Gasteiger partial charge in [0.1, 0.15) is 35.7 Å². The molecule has 2 aromatic heterocycles. The molecule has 14 heteroatoms. The molecular formula is C30H42N6O8. The summed E-state index contributed by atoms with van der Waals surface area (Å²) < 4.78 is 12.6. The number of alkyl carbamates (subject to hydrolysis) is 1. The fraction of sp³-hybridized carbons (Fsp3) is 0.667. The topological polar surface area (TPSA) is 208 Å². The number of rotatable bonds is 9. The number of fused-ring (bicyclic) bond motifs is 1. The number of nitrogens with zero attached hydrogens (tertiary/aromatic N) is 4. The van der Waals surface area contributed by atoms with Gasteiger partial charge in [-0.25, -0.2) is 14.3 Å². The molecule has 0 aromatic carbocycles. The number of nitriles is 1. The first-order valence-corrected chi connectivity index (χ1v) is 15.0. The number of aliphatic hydroxyl groups excluding tert-OH is 2. The Bertz CT molecular complexity index is 1410. The second kappa shape index (κ2) is 13.1. The van der Waals surface area contributed by atoms with Gasteiger partial charge in [0.25, 0.3) is 0 Å². The van der Waals surface area contributed by atoms with Crippen molar-refractivity contribution in [1.29, 1.82) is 5.26 Å². The monoisotopic (exact) mass is 614 g/mol. The van der Waals surface area contributed by atoms with Crippen LogP contribution < -0.4 is 10.6 Å². The lowest BCUT2D eigenvalue weighted by atomic mass is 9.69. The second-order valence-electron chi connectivity index (χ2n) is 13.0. The first-order chi connectivity index (χ1) is 20.7. The van der Waals surface area contributed by atoms with Gasteiger partial charge in [-0.2, -0.15) is 10.4 Å². The van der Waals surface area contributed by atoms with Gasteiger partial charge < -0.3 is 35.4 Å². The Morgan fingerprint density at radius 2 is 1.91 bits per heavy atom. The van der Waals surface area contributed by atoms with Crippen LogP contribution in [0.25, 0.3) is 5.52 Å². The van der Waals surface area contributed by atoms with Crippen LogP contribution in [-0.2, 0) is 24.7 Å². The molecule has 5 N–H and O–H groups in total. The fourth-order valence-electron chi connectivity index (χ4n) is 6.46. The fourth-order valence-corrected chi connectivity index (χ4v) is 6.46. The first kappa shape index (κ1) is 33.1. The molecule has 3 unspecified atom stereocenters. The van der Waals surface area contributed by atoms with Gasteiger partial charge in [-0.1, -0.05) is 33.1 Å². The molecule has 1 saturated heterocycles. The van der Waals surface area contributed by atoms with E-state index in [0.717, 1.165) is 25.6 Å². The maximum absolute atomic E-state index is 13.3. The lowest BCUT2D eigenvalue weighted by molar-refractivity contribution is -0.149. The molecule has 2 aliphatic rings. The van der Waals surface area contributed by atoms with E-state index in [-0.39, 0.29) is 28.9 Å². The normalized spacial score (nSPS) is 25.8. The standard InChI is InChI=1S/C30H42N6O8/c1-16(2)23(34-28(42)44-29(3,4)5)26(39)35-25-18-11-12-20(36(18)33-15-32-25)30(14-31)24(38)22(19(13-37)43-30)21(27(40)41)17-9-7-6-8-10-17/h11-12,15-17,19,21-24,37-38H,6-10,13H2,1-5H3,(H,34,42)(H,40,41)(H,32,33,35,39)/t19?,21?,22-,23?,24+,30-/m0/s1. The number of hydrogen-bond donors (Lipinski definition) is 5. The molecule has 2 amide bonds. The summed E-state index contributed by atoms with van der Waals surface area (Å²) in [6, 6.07) is 4.08. The predicted molar refractivity (Wildman–Crippen MR) is 156 cm³/mol. The summed E-state index contributed by atoms with van der Waals surface area (Å²) in [6.07, 6.45) is 1.73. The number of amides is 2. The van der Waals surface area contributed by atoms with Gasteiger partial charge in [0, 0.05) is 5.92 Å². The van der Waals surface area contributed by atoms with Crippen molar-refractivity contribution in [1.82, 2.24) is 19.9 Å². The van der Waals surface area contributed by atoms with Gasteiger partial charge in [-0.05, 0) is 57.6 Å². The van der Waals surface area contributed by atoms with Gasteiger partial charge >= 0.3 is 12.1 Å². The van der Waals surface area contributed by atoms with Gasteiger partial charge in [0.05, 0.1) is 24.3 Å². The maximum atomic E-state index is 13.3. The number of anilines is 1. The van der Waals surface area contributed by atoms with Gasteiger partial charge in [0.2, 0.25) is 11.5 Å². The number of ether oxygens (including phenoxy) is 2. The number of aliphatic carboxylic acids is 1. The molecule has 0 radical (unpaired) electrons. The zero-order valence-corrected chi connectivity index (χ0v) is 25.7. The van der Waals surface area contributed by atoms with Crippen molar-refractivity contribution in [3.63, 3.8) is 0 Å². The highest BCUT2D eigenvalue weighted by atomic mass is 16.6. The molecule has 1 aliphatic carbocycles. The molecule has 6 atom stereocenters. The number of carbonyl (C=O) groups is 3. The van der Waals surface area contributed by atoms with Crippen molar-refractivity contribution < 1.29 is 39.2 Å². The number of aliphatic hydroxyl groups is 2. The van der Waals surface area contributed by atoms with E-state index in [1.54, 1.807) is 34.6 Å². The smallest absolute Gasteiger partial charge is 0.408 e. The lowest BCUT2D eigenvalue weighted by Gasteiger charge is -2.34. The van der Waals surface area contributed by atoms with Crippen LogP contribution >= 0.6 is 0 Å². The summed E-state index contributed by atoms with van der Waals surface area (Å²) in [5.74, 6) is -4.25. The summed E-state index contributed by atoms with van der Waals surface area (Å²) in [5, 5.41) is 52.1. The number of carboxylic acid groups (broad SMARTS) is 1. The van der Waals surface area contributed by atoms with E-state index < -0.39 is 65.9 Å². The first-order valence-electron chi connectivity index (χ1n) is 15.0. The van der Waals surface area contributed by atoms with E-state index in [4.69, 9.17) is 9.47 Å². The zero-order valence-electron chi connectivity index (χ0n) is 25.7. The van der Waals surface area contributed by atoms with E-state index in [2.05, 4.69) is 20.7 Å². The van der Waals surface area contributed by atoms with Crippen LogP contribution in [0.5, 0.6) is 0 Å². The third-order valence-corrected chi connectivity index (χ3v) is 8.45. The lowest BCUT2D eigenvalue weighted by Crippen LogP contribution is -2.48.